The number of nitrogens with one attached hydrogen (secondary N) is 1. The zero-order valence-corrected chi connectivity index (χ0v) is 12.3. The standard InChI is InChI=1S/C14H18N4O3/c1-19-10-5-8(6-11(20-2)12(10)21-3)4-9-7-17-14(16)18-13(9)15/h5-7,9H,4H2,1-3H3,(H3,15,16,18)/p+2. The molecule has 0 bridgehead atoms. The Kier molecular flexibility index (Phi) is 4.42. The average Bonchev–Trinajstić information content (AvgIpc) is 2.49. The predicted octanol–water partition coefficient (Wildman–Crippen LogP) is -2.49. The zero-order valence-electron chi connectivity index (χ0n) is 12.3. The summed E-state index contributed by atoms with van der Waals surface area (Å²) in [5, 5.41) is 5.56. The molecule has 0 aliphatic carbocycles. The Hall–Kier alpha value is -2.57. The van der Waals surface area contributed by atoms with Gasteiger partial charge in [0.05, 0.1) is 26.3 Å². The highest BCUT2D eigenvalue weighted by atomic mass is 16.5. The molecule has 7 nitrogen and oxygen atoms in total. The maximum Gasteiger partial charge on any atom is 0.572 e. The Morgan fingerprint density at radius 2 is 1.81 bits per heavy atom. The number of rotatable bonds is 5. The highest BCUT2D eigenvalue weighted by Crippen LogP contribution is 2.38. The van der Waals surface area contributed by atoms with Crippen LogP contribution in [0.2, 0.25) is 0 Å². The van der Waals surface area contributed by atoms with Crippen molar-refractivity contribution in [2.24, 2.45) is 16.6 Å². The van der Waals surface area contributed by atoms with Gasteiger partial charge >= 0.3 is 5.96 Å². The fourth-order valence-electron chi connectivity index (χ4n) is 2.20. The van der Waals surface area contributed by atoms with Gasteiger partial charge in [-0.2, -0.15) is 4.99 Å². The highest BCUT2D eigenvalue weighted by molar-refractivity contribution is 6.02. The molecule has 1 aromatic rings. The largest absolute Gasteiger partial charge is 0.572 e. The number of ether oxygens (including phenoxy) is 3. The van der Waals surface area contributed by atoms with Gasteiger partial charge in [0, 0.05) is 0 Å². The van der Waals surface area contributed by atoms with Crippen LogP contribution in [-0.2, 0) is 6.42 Å². The van der Waals surface area contributed by atoms with Gasteiger partial charge in [0.25, 0.3) is 5.84 Å². The van der Waals surface area contributed by atoms with Crippen LogP contribution in [0, 0.1) is 5.92 Å². The number of hydrogen-bond donors (Lipinski definition) is 3. The fraction of sp³-hybridized carbons (Fsp3) is 0.357. The van der Waals surface area contributed by atoms with Gasteiger partial charge in [-0.15, -0.1) is 0 Å². The van der Waals surface area contributed by atoms with Crippen LogP contribution in [0.5, 0.6) is 17.2 Å². The summed E-state index contributed by atoms with van der Waals surface area (Å²) in [6.45, 7) is 0. The summed E-state index contributed by atoms with van der Waals surface area (Å²) < 4.78 is 16.0. The average molecular weight is 292 g/mol. The molecule has 7 heteroatoms. The van der Waals surface area contributed by atoms with E-state index in [0.717, 1.165) is 5.56 Å². The van der Waals surface area contributed by atoms with E-state index in [0.29, 0.717) is 35.5 Å². The van der Waals surface area contributed by atoms with Crippen LogP contribution in [0.25, 0.3) is 0 Å². The van der Waals surface area contributed by atoms with Crippen molar-refractivity contribution in [1.82, 2.24) is 0 Å². The Morgan fingerprint density at radius 3 is 2.29 bits per heavy atom. The molecule has 0 fully saturated rings. The zero-order chi connectivity index (χ0) is 15.4. The molecular weight excluding hydrogens is 272 g/mol. The first-order chi connectivity index (χ1) is 10.1. The number of aliphatic imine (C=N–C) groups is 1. The van der Waals surface area contributed by atoms with Crippen molar-refractivity contribution < 1.29 is 24.6 Å². The number of methoxy groups -OCH3 is 3. The van der Waals surface area contributed by atoms with Crippen LogP contribution >= 0.6 is 0 Å². The first-order valence-electron chi connectivity index (χ1n) is 6.44. The van der Waals surface area contributed by atoms with Crippen LogP contribution < -0.4 is 30.3 Å². The molecule has 1 heterocycles. The van der Waals surface area contributed by atoms with Gasteiger partial charge < -0.3 is 19.9 Å². The molecule has 2 rings (SSSR count). The molecule has 21 heavy (non-hydrogen) atoms. The highest BCUT2D eigenvalue weighted by Gasteiger charge is 2.28. The smallest absolute Gasteiger partial charge is 0.493 e. The normalized spacial score (nSPS) is 17.4. The number of amidine groups is 1. The second kappa shape index (κ2) is 6.25. The molecule has 0 spiro atoms. The van der Waals surface area contributed by atoms with Crippen molar-refractivity contribution in [2.75, 3.05) is 21.3 Å². The summed E-state index contributed by atoms with van der Waals surface area (Å²) in [5.41, 5.74) is 6.90. The van der Waals surface area contributed by atoms with Gasteiger partial charge in [-0.1, -0.05) is 0 Å². The lowest BCUT2D eigenvalue weighted by Crippen LogP contribution is -2.84. The van der Waals surface area contributed by atoms with Crippen molar-refractivity contribution in [1.29, 1.82) is 0 Å². The van der Waals surface area contributed by atoms with Gasteiger partial charge in [-0.3, -0.25) is 0 Å². The molecule has 5 N–H and O–H groups in total. The van der Waals surface area contributed by atoms with Crippen LogP contribution in [0.4, 0.5) is 0 Å². The third kappa shape index (κ3) is 3.13. The molecule has 1 unspecified atom stereocenters. The minimum atomic E-state index is -0.0555. The van der Waals surface area contributed by atoms with E-state index in [-0.39, 0.29) is 5.92 Å². The van der Waals surface area contributed by atoms with Gasteiger partial charge in [-0.05, 0) is 24.1 Å². The van der Waals surface area contributed by atoms with E-state index in [4.69, 9.17) is 25.4 Å². The van der Waals surface area contributed by atoms with Crippen LogP contribution in [0.1, 0.15) is 5.56 Å². The lowest BCUT2D eigenvalue weighted by molar-refractivity contribution is -0.374. The number of nitrogens with two attached hydrogens (primary N) is 2. The molecule has 0 saturated heterocycles. The monoisotopic (exact) mass is 292 g/mol. The third-order valence-electron chi connectivity index (χ3n) is 3.24. The summed E-state index contributed by atoms with van der Waals surface area (Å²) in [5.74, 6) is 2.50. The fourth-order valence-corrected chi connectivity index (χ4v) is 2.20. The lowest BCUT2D eigenvalue weighted by atomic mass is 9.98. The molecule has 0 aromatic heterocycles. The summed E-state index contributed by atoms with van der Waals surface area (Å²) in [7, 11) is 4.74. The van der Waals surface area contributed by atoms with Gasteiger partial charge in [0.15, 0.2) is 11.5 Å². The number of hydrogen-bond acceptors (Lipinski definition) is 4. The summed E-state index contributed by atoms with van der Waals surface area (Å²) in [4.78, 5) is 6.92. The van der Waals surface area contributed by atoms with E-state index in [1.54, 1.807) is 21.3 Å². The SMILES string of the molecule is COc1cc(CC2C=[NH+]C(=[NH2+])N=C2N)cc(OC)c1OC. The first-order valence-corrected chi connectivity index (χ1v) is 6.44. The van der Waals surface area contributed by atoms with Crippen molar-refractivity contribution in [2.45, 2.75) is 6.42 Å². The van der Waals surface area contributed by atoms with E-state index in [1.807, 2.05) is 18.3 Å². The number of nitrogens with zero attached hydrogens (tertiary/aromatic N) is 1. The summed E-state index contributed by atoms with van der Waals surface area (Å²) >= 11 is 0. The van der Waals surface area contributed by atoms with Crippen molar-refractivity contribution in [3.63, 3.8) is 0 Å². The Labute approximate surface area is 123 Å². The maximum absolute atomic E-state index is 5.91. The second-order valence-corrected chi connectivity index (χ2v) is 4.58. The minimum absolute atomic E-state index is 0.0555. The number of benzene rings is 1. The van der Waals surface area contributed by atoms with Gasteiger partial charge in [0.1, 0.15) is 12.1 Å². The third-order valence-corrected chi connectivity index (χ3v) is 3.24. The van der Waals surface area contributed by atoms with E-state index in [2.05, 4.69) is 9.98 Å². The van der Waals surface area contributed by atoms with Crippen molar-refractivity contribution in [3.8, 4) is 17.2 Å². The molecular formula is C14H20N4O3+2. The van der Waals surface area contributed by atoms with E-state index in [1.165, 1.54) is 0 Å². The van der Waals surface area contributed by atoms with Crippen molar-refractivity contribution in [3.05, 3.63) is 17.7 Å². The topological polar surface area (TPSA) is 106 Å². The van der Waals surface area contributed by atoms with Gasteiger partial charge in [-0.25, -0.2) is 5.41 Å². The van der Waals surface area contributed by atoms with Crippen LogP contribution in [-0.4, -0.2) is 39.3 Å². The Balaban J connectivity index is 2.31. The summed E-state index contributed by atoms with van der Waals surface area (Å²) in [6.07, 6.45) is 2.47. The van der Waals surface area contributed by atoms with E-state index < -0.39 is 0 Å². The molecule has 1 aliphatic rings. The Morgan fingerprint density at radius 1 is 1.19 bits per heavy atom. The second-order valence-electron chi connectivity index (χ2n) is 4.58. The molecule has 1 aromatic carbocycles. The molecule has 0 radical (unpaired) electrons. The summed E-state index contributed by atoms with van der Waals surface area (Å²) in [6, 6.07) is 3.79. The van der Waals surface area contributed by atoms with Crippen LogP contribution in [0.3, 0.4) is 0 Å². The molecule has 1 atom stereocenters. The van der Waals surface area contributed by atoms with Gasteiger partial charge in [0.2, 0.25) is 5.75 Å². The minimum Gasteiger partial charge on any atom is -0.493 e. The van der Waals surface area contributed by atoms with Crippen molar-refractivity contribution >= 4 is 18.0 Å². The molecule has 112 valence electrons. The van der Waals surface area contributed by atoms with E-state index in [9.17, 15) is 0 Å². The molecule has 1 aliphatic heterocycles. The Bertz CT molecular complexity index is 585. The number of guanidine groups is 1. The predicted molar refractivity (Wildman–Crippen MR) is 78.9 cm³/mol. The molecule has 0 saturated carbocycles. The molecule has 0 amide bonds. The van der Waals surface area contributed by atoms with Crippen LogP contribution in [0.15, 0.2) is 17.1 Å². The quantitative estimate of drug-likeness (QED) is 0.558. The first kappa shape index (κ1) is 14.8. The maximum atomic E-state index is 5.91. The lowest BCUT2D eigenvalue weighted by Gasteiger charge is -2.15. The van der Waals surface area contributed by atoms with E-state index >= 15 is 0 Å².